The molecule has 0 amide bonds. The maximum absolute atomic E-state index is 5.04. The van der Waals surface area contributed by atoms with Crippen molar-refractivity contribution in [3.05, 3.63) is 11.7 Å². The molecule has 1 aliphatic heterocycles. The van der Waals surface area contributed by atoms with Crippen molar-refractivity contribution in [1.29, 1.82) is 0 Å². The van der Waals surface area contributed by atoms with Crippen LogP contribution in [0.2, 0.25) is 0 Å². The maximum Gasteiger partial charge on any atom is 0.228 e. The molecular formula is C11H18N4OS. The van der Waals surface area contributed by atoms with Crippen LogP contribution >= 0.6 is 11.8 Å². The van der Waals surface area contributed by atoms with E-state index in [9.17, 15) is 0 Å². The highest BCUT2D eigenvalue weighted by atomic mass is 32.2. The lowest BCUT2D eigenvalue weighted by atomic mass is 10.2. The van der Waals surface area contributed by atoms with Gasteiger partial charge in [-0.3, -0.25) is 4.99 Å². The van der Waals surface area contributed by atoms with Gasteiger partial charge in [0, 0.05) is 17.7 Å². The molecular weight excluding hydrogens is 236 g/mol. The van der Waals surface area contributed by atoms with Crippen molar-refractivity contribution in [2.75, 3.05) is 6.54 Å². The van der Waals surface area contributed by atoms with Crippen LogP contribution in [0.25, 0.3) is 0 Å². The number of amidine groups is 1. The van der Waals surface area contributed by atoms with E-state index in [2.05, 4.69) is 34.3 Å². The third kappa shape index (κ3) is 3.73. The number of hydrogen-bond donors (Lipinski definition) is 1. The number of nitrogens with one attached hydrogen (secondary N) is 1. The second-order valence-electron chi connectivity index (χ2n) is 4.38. The Morgan fingerprint density at radius 2 is 2.35 bits per heavy atom. The van der Waals surface area contributed by atoms with Gasteiger partial charge < -0.3 is 9.84 Å². The van der Waals surface area contributed by atoms with Crippen molar-refractivity contribution < 1.29 is 4.52 Å². The first-order valence-electron chi connectivity index (χ1n) is 5.90. The molecule has 0 spiro atoms. The van der Waals surface area contributed by atoms with Gasteiger partial charge in [-0.25, -0.2) is 0 Å². The Balaban J connectivity index is 1.83. The van der Waals surface area contributed by atoms with E-state index in [1.165, 1.54) is 6.42 Å². The van der Waals surface area contributed by atoms with Crippen LogP contribution in [0.15, 0.2) is 9.52 Å². The fourth-order valence-corrected chi connectivity index (χ4v) is 3.02. The third-order valence-electron chi connectivity index (χ3n) is 2.52. The highest BCUT2D eigenvalue weighted by molar-refractivity contribution is 8.14. The molecule has 2 atom stereocenters. The molecule has 2 heterocycles. The van der Waals surface area contributed by atoms with Crippen LogP contribution in [0, 0.1) is 6.92 Å². The minimum atomic E-state index is 0.510. The van der Waals surface area contributed by atoms with Gasteiger partial charge in [-0.05, 0) is 20.3 Å². The zero-order valence-electron chi connectivity index (χ0n) is 10.4. The minimum Gasteiger partial charge on any atom is -0.362 e. The number of aliphatic imine (C=N–C) groups is 1. The lowest BCUT2D eigenvalue weighted by Crippen LogP contribution is -2.38. The molecule has 1 aromatic heterocycles. The summed E-state index contributed by atoms with van der Waals surface area (Å²) in [7, 11) is 0. The summed E-state index contributed by atoms with van der Waals surface area (Å²) in [5.41, 5.74) is 0. The molecule has 0 aliphatic carbocycles. The van der Waals surface area contributed by atoms with E-state index < -0.39 is 0 Å². The fraction of sp³-hybridized carbons (Fsp3) is 0.727. The Hall–Kier alpha value is -1.04. The molecule has 1 fully saturated rings. The largest absolute Gasteiger partial charge is 0.362 e. The molecule has 0 aromatic carbocycles. The maximum atomic E-state index is 5.04. The van der Waals surface area contributed by atoms with Crippen LogP contribution in [-0.2, 0) is 6.42 Å². The second-order valence-corrected chi connectivity index (χ2v) is 5.81. The predicted molar refractivity (Wildman–Crippen MR) is 69.3 cm³/mol. The number of aromatic nitrogens is 2. The van der Waals surface area contributed by atoms with Crippen LogP contribution in [0.5, 0.6) is 0 Å². The van der Waals surface area contributed by atoms with Gasteiger partial charge in [-0.2, -0.15) is 4.98 Å². The molecule has 0 saturated carbocycles. The Morgan fingerprint density at radius 3 is 3.00 bits per heavy atom. The van der Waals surface area contributed by atoms with Gasteiger partial charge in [-0.1, -0.05) is 23.8 Å². The van der Waals surface area contributed by atoms with Gasteiger partial charge in [0.2, 0.25) is 5.89 Å². The zero-order chi connectivity index (χ0) is 12.3. The average Bonchev–Trinajstić information content (AvgIpc) is 2.63. The summed E-state index contributed by atoms with van der Waals surface area (Å²) in [6, 6.07) is 0.510. The highest BCUT2D eigenvalue weighted by Gasteiger charge is 2.19. The summed E-state index contributed by atoms with van der Waals surface area (Å²) in [5, 5.41) is 8.80. The summed E-state index contributed by atoms with van der Waals surface area (Å²) < 4.78 is 5.04. The lowest BCUT2D eigenvalue weighted by Gasteiger charge is -2.26. The molecule has 17 heavy (non-hydrogen) atoms. The molecule has 1 saturated heterocycles. The van der Waals surface area contributed by atoms with Crippen LogP contribution in [0.1, 0.15) is 32.0 Å². The zero-order valence-corrected chi connectivity index (χ0v) is 11.3. The van der Waals surface area contributed by atoms with Crippen molar-refractivity contribution in [2.45, 2.75) is 44.9 Å². The highest BCUT2D eigenvalue weighted by Crippen LogP contribution is 2.22. The van der Waals surface area contributed by atoms with Crippen LogP contribution in [0.4, 0.5) is 0 Å². The van der Waals surface area contributed by atoms with Gasteiger partial charge in [0.25, 0.3) is 0 Å². The Kier molecular flexibility index (Phi) is 4.04. The van der Waals surface area contributed by atoms with E-state index in [-0.39, 0.29) is 0 Å². The summed E-state index contributed by atoms with van der Waals surface area (Å²) in [4.78, 5) is 8.68. The molecule has 1 aliphatic rings. The van der Waals surface area contributed by atoms with Crippen LogP contribution in [0.3, 0.4) is 0 Å². The van der Waals surface area contributed by atoms with Crippen LogP contribution in [-0.4, -0.2) is 33.1 Å². The van der Waals surface area contributed by atoms with E-state index in [1.807, 2.05) is 6.92 Å². The standard InChI is InChI=1S/C11H18N4OS/c1-7-6-8(2)17-11(13-7)12-5-4-10-14-9(3)15-16-10/h7-8H,4-6H2,1-3H3,(H,12,13). The van der Waals surface area contributed by atoms with Crippen molar-refractivity contribution in [1.82, 2.24) is 15.5 Å². The smallest absolute Gasteiger partial charge is 0.228 e. The molecule has 94 valence electrons. The molecule has 0 radical (unpaired) electrons. The molecule has 1 N–H and O–H groups in total. The van der Waals surface area contributed by atoms with Gasteiger partial charge in [0.05, 0.1) is 6.54 Å². The van der Waals surface area contributed by atoms with Gasteiger partial charge in [-0.15, -0.1) is 0 Å². The summed E-state index contributed by atoms with van der Waals surface area (Å²) >= 11 is 1.80. The Morgan fingerprint density at radius 1 is 1.53 bits per heavy atom. The van der Waals surface area contributed by atoms with Gasteiger partial charge >= 0.3 is 0 Å². The van der Waals surface area contributed by atoms with E-state index in [4.69, 9.17) is 4.52 Å². The number of hydrogen-bond acceptors (Lipinski definition) is 5. The van der Waals surface area contributed by atoms with E-state index in [0.717, 1.165) is 5.17 Å². The van der Waals surface area contributed by atoms with Crippen molar-refractivity contribution in [3.63, 3.8) is 0 Å². The molecule has 0 bridgehead atoms. The van der Waals surface area contributed by atoms with E-state index in [0.29, 0.717) is 36.0 Å². The van der Waals surface area contributed by atoms with E-state index >= 15 is 0 Å². The number of thioether (sulfide) groups is 1. The molecule has 6 heteroatoms. The monoisotopic (exact) mass is 254 g/mol. The molecule has 2 unspecified atom stereocenters. The second kappa shape index (κ2) is 5.53. The Labute approximate surface area is 105 Å². The number of nitrogens with zero attached hydrogens (tertiary/aromatic N) is 3. The first kappa shape index (κ1) is 12.4. The summed E-state index contributed by atoms with van der Waals surface area (Å²) in [5.74, 6) is 1.34. The minimum absolute atomic E-state index is 0.510. The lowest BCUT2D eigenvalue weighted by molar-refractivity contribution is 0.376. The normalized spacial score (nSPS) is 27.1. The number of rotatable bonds is 3. The molecule has 2 rings (SSSR count). The van der Waals surface area contributed by atoms with Crippen molar-refractivity contribution in [3.8, 4) is 0 Å². The summed E-state index contributed by atoms with van der Waals surface area (Å²) in [6.45, 7) is 6.93. The topological polar surface area (TPSA) is 63.3 Å². The molecule has 1 aromatic rings. The van der Waals surface area contributed by atoms with Crippen molar-refractivity contribution >= 4 is 16.9 Å². The quantitative estimate of drug-likeness (QED) is 0.890. The van der Waals surface area contributed by atoms with Gasteiger partial charge in [0.15, 0.2) is 11.0 Å². The van der Waals surface area contributed by atoms with Gasteiger partial charge in [0.1, 0.15) is 0 Å². The fourth-order valence-electron chi connectivity index (χ4n) is 1.82. The Bertz CT molecular complexity index is 392. The SMILES string of the molecule is Cc1noc(CCN=C2NC(C)CC(C)S2)n1. The van der Waals surface area contributed by atoms with E-state index in [1.54, 1.807) is 11.8 Å². The first-order chi connectivity index (χ1) is 8.13. The summed E-state index contributed by atoms with van der Waals surface area (Å²) in [6.07, 6.45) is 1.89. The predicted octanol–water partition coefficient (Wildman–Crippen LogP) is 1.78. The average molecular weight is 254 g/mol. The first-order valence-corrected chi connectivity index (χ1v) is 6.78. The number of aryl methyl sites for hydroxylation is 1. The van der Waals surface area contributed by atoms with Crippen molar-refractivity contribution in [2.24, 2.45) is 4.99 Å². The molecule has 5 nitrogen and oxygen atoms in total. The van der Waals surface area contributed by atoms with Crippen LogP contribution < -0.4 is 5.32 Å². The third-order valence-corrected chi connectivity index (χ3v) is 3.58.